The number of halogens is 2. The van der Waals surface area contributed by atoms with Gasteiger partial charge in [-0.15, -0.1) is 0 Å². The van der Waals surface area contributed by atoms with Crippen LogP contribution in [0.15, 0.2) is 48.5 Å². The largest absolute Gasteiger partial charge is 0.490 e. The number of hydrogen-bond acceptors (Lipinski definition) is 3. The van der Waals surface area contributed by atoms with Crippen molar-refractivity contribution in [3.8, 4) is 5.75 Å². The van der Waals surface area contributed by atoms with E-state index >= 15 is 0 Å². The molecule has 0 unspecified atom stereocenters. The summed E-state index contributed by atoms with van der Waals surface area (Å²) in [6, 6.07) is 14.1. The van der Waals surface area contributed by atoms with Crippen LogP contribution in [0.5, 0.6) is 5.75 Å². The molecule has 2 aromatic rings. The van der Waals surface area contributed by atoms with Crippen molar-refractivity contribution in [2.45, 2.75) is 0 Å². The highest BCUT2D eigenvalue weighted by atomic mass is 35.5. The Hall–Kier alpha value is -1.91. The SMILES string of the molecule is O=C(Nc1ccc(Cl)c(Cl)c1)OCCOc1ccccc1. The third kappa shape index (κ3) is 5.17. The van der Waals surface area contributed by atoms with Gasteiger partial charge in [0.25, 0.3) is 0 Å². The predicted octanol–water partition coefficient (Wildman–Crippen LogP) is 4.62. The zero-order valence-corrected chi connectivity index (χ0v) is 12.5. The van der Waals surface area contributed by atoms with Gasteiger partial charge in [-0.05, 0) is 30.3 Å². The lowest BCUT2D eigenvalue weighted by Gasteiger charge is -2.09. The van der Waals surface area contributed by atoms with Crippen LogP contribution in [0, 0.1) is 0 Å². The maximum absolute atomic E-state index is 11.6. The van der Waals surface area contributed by atoms with E-state index < -0.39 is 6.09 Å². The topological polar surface area (TPSA) is 47.6 Å². The Balaban J connectivity index is 1.71. The molecule has 2 aromatic carbocycles. The summed E-state index contributed by atoms with van der Waals surface area (Å²) >= 11 is 11.6. The number of ether oxygens (including phenoxy) is 2. The predicted molar refractivity (Wildman–Crippen MR) is 83.4 cm³/mol. The maximum atomic E-state index is 11.6. The highest BCUT2D eigenvalue weighted by Crippen LogP contribution is 2.24. The quantitative estimate of drug-likeness (QED) is 0.816. The van der Waals surface area contributed by atoms with E-state index in [4.69, 9.17) is 32.7 Å². The summed E-state index contributed by atoms with van der Waals surface area (Å²) in [7, 11) is 0. The number of benzene rings is 2. The second kappa shape index (κ2) is 7.76. The van der Waals surface area contributed by atoms with Gasteiger partial charge in [-0.3, -0.25) is 5.32 Å². The van der Waals surface area contributed by atoms with E-state index in [1.165, 1.54) is 0 Å². The van der Waals surface area contributed by atoms with E-state index in [0.717, 1.165) is 5.75 Å². The van der Waals surface area contributed by atoms with E-state index in [1.54, 1.807) is 18.2 Å². The fourth-order valence-electron chi connectivity index (χ4n) is 1.54. The molecule has 110 valence electrons. The first kappa shape index (κ1) is 15.5. The number of rotatable bonds is 5. The molecule has 0 heterocycles. The molecule has 6 heteroatoms. The molecule has 0 bridgehead atoms. The van der Waals surface area contributed by atoms with Crippen LogP contribution >= 0.6 is 23.2 Å². The maximum Gasteiger partial charge on any atom is 0.411 e. The fraction of sp³-hybridized carbons (Fsp3) is 0.133. The average molecular weight is 326 g/mol. The molecule has 4 nitrogen and oxygen atoms in total. The minimum atomic E-state index is -0.579. The van der Waals surface area contributed by atoms with Crippen LogP contribution in [0.1, 0.15) is 0 Å². The van der Waals surface area contributed by atoms with Crippen LogP contribution in [0.3, 0.4) is 0 Å². The minimum Gasteiger partial charge on any atom is -0.490 e. The first-order valence-corrected chi connectivity index (χ1v) is 6.97. The van der Waals surface area contributed by atoms with Gasteiger partial charge in [0.1, 0.15) is 19.0 Å². The Morgan fingerprint density at radius 2 is 1.76 bits per heavy atom. The van der Waals surface area contributed by atoms with Crippen LogP contribution in [-0.4, -0.2) is 19.3 Å². The van der Waals surface area contributed by atoms with Crippen LogP contribution in [-0.2, 0) is 4.74 Å². The molecule has 0 fully saturated rings. The molecule has 1 N–H and O–H groups in total. The van der Waals surface area contributed by atoms with Crippen LogP contribution in [0.25, 0.3) is 0 Å². The van der Waals surface area contributed by atoms with Gasteiger partial charge >= 0.3 is 6.09 Å². The first-order chi connectivity index (χ1) is 10.1. The Morgan fingerprint density at radius 1 is 1.00 bits per heavy atom. The number of nitrogens with one attached hydrogen (secondary N) is 1. The molecule has 0 atom stereocenters. The molecule has 0 saturated carbocycles. The van der Waals surface area contributed by atoms with Crippen molar-refractivity contribution >= 4 is 35.0 Å². The number of hydrogen-bond donors (Lipinski definition) is 1. The van der Waals surface area contributed by atoms with Gasteiger partial charge in [0, 0.05) is 5.69 Å². The highest BCUT2D eigenvalue weighted by Gasteiger charge is 2.05. The Kier molecular flexibility index (Phi) is 5.72. The van der Waals surface area contributed by atoms with Gasteiger partial charge in [-0.2, -0.15) is 0 Å². The van der Waals surface area contributed by atoms with E-state index in [-0.39, 0.29) is 13.2 Å². The standard InChI is InChI=1S/C15H13Cl2NO3/c16-13-7-6-11(10-14(13)17)18-15(19)21-9-8-20-12-4-2-1-3-5-12/h1-7,10H,8-9H2,(H,18,19). The molecular formula is C15H13Cl2NO3. The number of carbonyl (C=O) groups excluding carboxylic acids is 1. The van der Waals surface area contributed by atoms with Crippen molar-refractivity contribution < 1.29 is 14.3 Å². The second-order valence-corrected chi connectivity index (χ2v) is 4.87. The third-order valence-corrected chi connectivity index (χ3v) is 3.23. The van der Waals surface area contributed by atoms with Crippen molar-refractivity contribution in [1.82, 2.24) is 0 Å². The normalized spacial score (nSPS) is 10.0. The Morgan fingerprint density at radius 3 is 2.48 bits per heavy atom. The number of amides is 1. The Bertz CT molecular complexity index is 605. The number of anilines is 1. The average Bonchev–Trinajstić information content (AvgIpc) is 2.49. The van der Waals surface area contributed by atoms with Gasteiger partial charge in [-0.1, -0.05) is 41.4 Å². The van der Waals surface area contributed by atoms with E-state index in [1.807, 2.05) is 30.3 Å². The van der Waals surface area contributed by atoms with Gasteiger partial charge in [0.05, 0.1) is 10.0 Å². The van der Waals surface area contributed by atoms with Gasteiger partial charge < -0.3 is 9.47 Å². The Labute approximate surface area is 132 Å². The van der Waals surface area contributed by atoms with E-state index in [9.17, 15) is 4.79 Å². The molecule has 2 rings (SSSR count). The van der Waals surface area contributed by atoms with Crippen LogP contribution in [0.2, 0.25) is 10.0 Å². The monoisotopic (exact) mass is 325 g/mol. The molecule has 0 radical (unpaired) electrons. The third-order valence-electron chi connectivity index (χ3n) is 2.49. The van der Waals surface area contributed by atoms with E-state index in [2.05, 4.69) is 5.32 Å². The summed E-state index contributed by atoms with van der Waals surface area (Å²) in [5, 5.41) is 3.33. The molecule has 0 saturated heterocycles. The summed E-state index contributed by atoms with van der Waals surface area (Å²) in [6.07, 6.45) is -0.579. The number of para-hydroxylation sites is 1. The molecule has 0 aliphatic heterocycles. The fourth-order valence-corrected chi connectivity index (χ4v) is 1.84. The van der Waals surface area contributed by atoms with Crippen LogP contribution < -0.4 is 10.1 Å². The molecule has 0 aliphatic carbocycles. The molecule has 1 amide bonds. The lowest BCUT2D eigenvalue weighted by atomic mass is 10.3. The zero-order chi connectivity index (χ0) is 15.1. The summed E-state index contributed by atoms with van der Waals surface area (Å²) in [4.78, 5) is 11.6. The molecular weight excluding hydrogens is 313 g/mol. The van der Waals surface area contributed by atoms with Crippen molar-refractivity contribution in [1.29, 1.82) is 0 Å². The summed E-state index contributed by atoms with van der Waals surface area (Å²) < 4.78 is 10.4. The van der Waals surface area contributed by atoms with Gasteiger partial charge in [-0.25, -0.2) is 4.79 Å². The zero-order valence-electron chi connectivity index (χ0n) is 11.0. The molecule has 0 spiro atoms. The summed E-state index contributed by atoms with van der Waals surface area (Å²) in [5.41, 5.74) is 0.512. The highest BCUT2D eigenvalue weighted by molar-refractivity contribution is 6.42. The van der Waals surface area contributed by atoms with Crippen molar-refractivity contribution in [2.75, 3.05) is 18.5 Å². The van der Waals surface area contributed by atoms with Crippen LogP contribution in [0.4, 0.5) is 10.5 Å². The summed E-state index contributed by atoms with van der Waals surface area (Å²) in [6.45, 7) is 0.418. The lowest BCUT2D eigenvalue weighted by Crippen LogP contribution is -2.17. The van der Waals surface area contributed by atoms with Crippen molar-refractivity contribution in [3.63, 3.8) is 0 Å². The minimum absolute atomic E-state index is 0.141. The smallest absolute Gasteiger partial charge is 0.411 e. The number of carbonyl (C=O) groups is 1. The lowest BCUT2D eigenvalue weighted by molar-refractivity contribution is 0.138. The van der Waals surface area contributed by atoms with Gasteiger partial charge in [0.2, 0.25) is 0 Å². The first-order valence-electron chi connectivity index (χ1n) is 6.22. The van der Waals surface area contributed by atoms with Crippen molar-refractivity contribution in [3.05, 3.63) is 58.6 Å². The van der Waals surface area contributed by atoms with Gasteiger partial charge in [0.15, 0.2) is 0 Å². The summed E-state index contributed by atoms with van der Waals surface area (Å²) in [5.74, 6) is 0.728. The second-order valence-electron chi connectivity index (χ2n) is 4.05. The molecule has 0 aliphatic rings. The molecule has 21 heavy (non-hydrogen) atoms. The molecule has 0 aromatic heterocycles. The van der Waals surface area contributed by atoms with E-state index in [0.29, 0.717) is 15.7 Å². The van der Waals surface area contributed by atoms with Crippen molar-refractivity contribution in [2.24, 2.45) is 0 Å².